The maximum absolute atomic E-state index is 14.6. The predicted octanol–water partition coefficient (Wildman–Crippen LogP) is 7.45. The van der Waals surface area contributed by atoms with Gasteiger partial charge in [-0.2, -0.15) is 0 Å². The molecule has 0 aliphatic carbocycles. The maximum Gasteiger partial charge on any atom is 0.105 e. The summed E-state index contributed by atoms with van der Waals surface area (Å²) in [5.41, 5.74) is 3.60. The Morgan fingerprint density at radius 3 is 2.65 bits per heavy atom. The smallest absolute Gasteiger partial charge is 0.105 e. The van der Waals surface area contributed by atoms with E-state index in [1.54, 1.807) is 24.6 Å². The summed E-state index contributed by atoms with van der Waals surface area (Å²) in [7, 11) is 0. The minimum Gasteiger partial charge on any atom is -0.327 e. The molecule has 0 saturated heterocycles. The highest BCUT2D eigenvalue weighted by molar-refractivity contribution is 6.31. The van der Waals surface area contributed by atoms with Crippen molar-refractivity contribution in [2.24, 2.45) is 0 Å². The molecule has 0 saturated carbocycles. The first kappa shape index (κ1) is 22.2. The summed E-state index contributed by atoms with van der Waals surface area (Å²) >= 11 is 6.27. The van der Waals surface area contributed by atoms with Crippen molar-refractivity contribution in [2.75, 3.05) is 0 Å². The van der Waals surface area contributed by atoms with Crippen LogP contribution in [0.3, 0.4) is 0 Å². The number of rotatable bonds is 9. The molecule has 1 heterocycles. The van der Waals surface area contributed by atoms with Gasteiger partial charge in [-0.3, -0.25) is 0 Å². The topological polar surface area (TPSA) is 17.8 Å². The Bertz CT molecular complexity index is 735. The van der Waals surface area contributed by atoms with E-state index in [1.165, 1.54) is 0 Å². The van der Waals surface area contributed by atoms with Crippen molar-refractivity contribution in [3.8, 4) is 0 Å². The number of nitrogens with zero attached hydrogens (tertiary/aromatic N) is 2. The molecule has 1 atom stereocenters. The van der Waals surface area contributed by atoms with Crippen LogP contribution in [-0.4, -0.2) is 9.55 Å². The van der Waals surface area contributed by atoms with Crippen LogP contribution < -0.4 is 0 Å². The van der Waals surface area contributed by atoms with Crippen LogP contribution in [0.15, 0.2) is 59.2 Å². The lowest BCUT2D eigenvalue weighted by atomic mass is 10.0. The van der Waals surface area contributed by atoms with E-state index in [0.29, 0.717) is 12.0 Å². The zero-order valence-corrected chi connectivity index (χ0v) is 17.3. The van der Waals surface area contributed by atoms with E-state index in [1.807, 2.05) is 44.4 Å². The van der Waals surface area contributed by atoms with Crippen molar-refractivity contribution >= 4 is 17.7 Å². The molecule has 4 heteroatoms. The number of aromatic nitrogens is 2. The monoisotopic (exact) mass is 376 g/mol. The third-order valence-corrected chi connectivity index (χ3v) is 4.92. The van der Waals surface area contributed by atoms with E-state index in [4.69, 9.17) is 11.6 Å². The molecule has 0 aliphatic rings. The summed E-state index contributed by atoms with van der Waals surface area (Å²) in [4.78, 5) is 4.47. The van der Waals surface area contributed by atoms with Crippen molar-refractivity contribution < 1.29 is 4.39 Å². The molecule has 1 rings (SSSR count). The summed E-state index contributed by atoms with van der Waals surface area (Å²) < 4.78 is 16.6. The van der Waals surface area contributed by atoms with Crippen LogP contribution in [-0.2, 0) is 0 Å². The fourth-order valence-electron chi connectivity index (χ4n) is 2.60. The van der Waals surface area contributed by atoms with Crippen molar-refractivity contribution in [3.05, 3.63) is 70.6 Å². The summed E-state index contributed by atoms with van der Waals surface area (Å²) in [5.74, 6) is -0.0900. The molecular formula is C22H30ClFN2. The molecular weight excluding hydrogens is 347 g/mol. The van der Waals surface area contributed by atoms with Crippen LogP contribution in [0.5, 0.6) is 0 Å². The highest BCUT2D eigenvalue weighted by Crippen LogP contribution is 2.28. The Morgan fingerprint density at radius 2 is 2.08 bits per heavy atom. The standard InChI is InChI=1S/C22H30ClFN2/c1-7-10-12-19(21(24)11-8-2)17(5)26-15-25-22(18(26)6)14-13-20(23)16(4)9-3/h7,10,12-15,17H,1,8-9,11H2,2-6H3/b12-10-,14-13-,20-16-,21-19-. The van der Waals surface area contributed by atoms with Gasteiger partial charge in [0.15, 0.2) is 0 Å². The lowest BCUT2D eigenvalue weighted by Gasteiger charge is -2.18. The van der Waals surface area contributed by atoms with E-state index < -0.39 is 0 Å². The van der Waals surface area contributed by atoms with Gasteiger partial charge in [-0.1, -0.05) is 55.8 Å². The highest BCUT2D eigenvalue weighted by atomic mass is 35.5. The molecule has 0 radical (unpaired) electrons. The first-order chi connectivity index (χ1) is 12.4. The normalized spacial score (nSPS) is 15.3. The van der Waals surface area contributed by atoms with Crippen LogP contribution in [0.1, 0.15) is 64.4 Å². The minimum atomic E-state index is -0.157. The van der Waals surface area contributed by atoms with E-state index in [-0.39, 0.29) is 11.9 Å². The molecule has 0 spiro atoms. The van der Waals surface area contributed by atoms with Gasteiger partial charge >= 0.3 is 0 Å². The molecule has 0 fully saturated rings. The van der Waals surface area contributed by atoms with E-state index in [2.05, 4.69) is 18.5 Å². The van der Waals surface area contributed by atoms with Crippen molar-refractivity contribution in [1.82, 2.24) is 9.55 Å². The van der Waals surface area contributed by atoms with Crippen molar-refractivity contribution in [3.63, 3.8) is 0 Å². The van der Waals surface area contributed by atoms with Crippen LogP contribution >= 0.6 is 11.6 Å². The number of hydrogen-bond acceptors (Lipinski definition) is 1. The van der Waals surface area contributed by atoms with E-state index in [9.17, 15) is 4.39 Å². The van der Waals surface area contributed by atoms with Gasteiger partial charge in [0.25, 0.3) is 0 Å². The Morgan fingerprint density at radius 1 is 1.38 bits per heavy atom. The Labute approximate surface area is 162 Å². The second-order valence-corrected chi connectivity index (χ2v) is 6.73. The third kappa shape index (κ3) is 5.84. The Balaban J connectivity index is 3.21. The molecule has 1 aromatic heterocycles. The summed E-state index contributed by atoms with van der Waals surface area (Å²) in [6.45, 7) is 13.7. The average Bonchev–Trinajstić information content (AvgIpc) is 2.99. The van der Waals surface area contributed by atoms with Gasteiger partial charge in [-0.05, 0) is 52.2 Å². The molecule has 0 N–H and O–H groups in total. The summed E-state index contributed by atoms with van der Waals surface area (Å²) in [6.07, 6.45) is 12.9. The SMILES string of the molecule is C=C/C=C\C(=C(\F)CCC)C(C)n1cnc(/C=C\C(Cl)=C(/C)CC)c1C. The van der Waals surface area contributed by atoms with Gasteiger partial charge < -0.3 is 4.57 Å². The molecule has 0 aliphatic heterocycles. The molecule has 1 unspecified atom stereocenters. The zero-order chi connectivity index (χ0) is 19.7. The average molecular weight is 377 g/mol. The van der Waals surface area contributed by atoms with Gasteiger partial charge in [0, 0.05) is 16.3 Å². The second kappa shape index (κ2) is 11.0. The predicted molar refractivity (Wildman–Crippen MR) is 112 cm³/mol. The summed E-state index contributed by atoms with van der Waals surface area (Å²) in [6, 6.07) is -0.157. The Kier molecular flexibility index (Phi) is 9.36. The molecule has 0 amide bonds. The number of hydrogen-bond donors (Lipinski definition) is 0. The van der Waals surface area contributed by atoms with Gasteiger partial charge in [0.1, 0.15) is 5.83 Å². The van der Waals surface area contributed by atoms with Gasteiger partial charge in [0.05, 0.1) is 18.1 Å². The fraction of sp³-hybridized carbons (Fsp3) is 0.409. The molecule has 0 aromatic carbocycles. The van der Waals surface area contributed by atoms with Crippen LogP contribution in [0.25, 0.3) is 6.08 Å². The molecule has 26 heavy (non-hydrogen) atoms. The number of allylic oxidation sites excluding steroid dienone is 8. The van der Waals surface area contributed by atoms with Crippen LogP contribution in [0, 0.1) is 6.92 Å². The molecule has 0 bridgehead atoms. The van der Waals surface area contributed by atoms with Gasteiger partial charge in [-0.25, -0.2) is 9.37 Å². The van der Waals surface area contributed by atoms with Crippen molar-refractivity contribution in [1.29, 1.82) is 0 Å². The number of imidazole rings is 1. The lowest BCUT2D eigenvalue weighted by Crippen LogP contribution is -2.09. The lowest BCUT2D eigenvalue weighted by molar-refractivity contribution is 0.533. The van der Waals surface area contributed by atoms with Gasteiger partial charge in [-0.15, -0.1) is 0 Å². The Hall–Kier alpha value is -1.87. The molecule has 142 valence electrons. The van der Waals surface area contributed by atoms with Gasteiger partial charge in [0.2, 0.25) is 0 Å². The molecule has 1 aromatic rings. The highest BCUT2D eigenvalue weighted by Gasteiger charge is 2.16. The first-order valence-electron chi connectivity index (χ1n) is 9.11. The fourth-order valence-corrected chi connectivity index (χ4v) is 2.79. The molecule has 2 nitrogen and oxygen atoms in total. The first-order valence-corrected chi connectivity index (χ1v) is 9.49. The van der Waals surface area contributed by atoms with E-state index in [0.717, 1.165) is 34.8 Å². The van der Waals surface area contributed by atoms with Crippen LogP contribution in [0.4, 0.5) is 4.39 Å². The van der Waals surface area contributed by atoms with Crippen LogP contribution in [0.2, 0.25) is 0 Å². The summed E-state index contributed by atoms with van der Waals surface area (Å²) in [5, 5.41) is 0.734. The largest absolute Gasteiger partial charge is 0.327 e. The van der Waals surface area contributed by atoms with Crippen molar-refractivity contribution in [2.45, 2.75) is 59.9 Å². The zero-order valence-electron chi connectivity index (χ0n) is 16.5. The number of halogens is 2. The second-order valence-electron chi connectivity index (χ2n) is 6.32. The quantitative estimate of drug-likeness (QED) is 0.409. The minimum absolute atomic E-state index is 0.0900. The van der Waals surface area contributed by atoms with E-state index >= 15 is 0 Å². The third-order valence-electron chi connectivity index (χ3n) is 4.47. The maximum atomic E-state index is 14.6.